The van der Waals surface area contributed by atoms with Crippen LogP contribution in [0.1, 0.15) is 38.7 Å². The van der Waals surface area contributed by atoms with Crippen LogP contribution in [0, 0.1) is 5.82 Å². The monoisotopic (exact) mass is 252 g/mol. The van der Waals surface area contributed by atoms with E-state index in [0.29, 0.717) is 5.69 Å². The topological polar surface area (TPSA) is 29.3 Å². The van der Waals surface area contributed by atoms with Gasteiger partial charge in [0, 0.05) is 19.6 Å². The maximum atomic E-state index is 14.0. The van der Waals surface area contributed by atoms with Crippen LogP contribution < -0.4 is 10.6 Å². The number of hydrogen-bond donors (Lipinski definition) is 1. The lowest BCUT2D eigenvalue weighted by molar-refractivity contribution is 0.613. The van der Waals surface area contributed by atoms with E-state index >= 15 is 0 Å². The first kappa shape index (κ1) is 15.0. The summed E-state index contributed by atoms with van der Waals surface area (Å²) in [5.41, 5.74) is 7.37. The summed E-state index contributed by atoms with van der Waals surface area (Å²) < 4.78 is 14.0. The molecule has 0 bridgehead atoms. The second kappa shape index (κ2) is 7.37. The molecule has 0 saturated carbocycles. The van der Waals surface area contributed by atoms with Gasteiger partial charge in [-0.15, -0.1) is 0 Å². The lowest BCUT2D eigenvalue weighted by Crippen LogP contribution is -2.20. The first-order valence-corrected chi connectivity index (χ1v) is 6.79. The van der Waals surface area contributed by atoms with Gasteiger partial charge >= 0.3 is 0 Å². The van der Waals surface area contributed by atoms with Gasteiger partial charge in [0.1, 0.15) is 5.82 Å². The van der Waals surface area contributed by atoms with E-state index in [1.165, 1.54) is 12.8 Å². The molecular formula is C15H25FN2. The van der Waals surface area contributed by atoms with Crippen LogP contribution in [0.4, 0.5) is 10.1 Å². The zero-order valence-corrected chi connectivity index (χ0v) is 11.7. The van der Waals surface area contributed by atoms with Crippen LogP contribution in [0.3, 0.4) is 0 Å². The summed E-state index contributed by atoms with van der Waals surface area (Å²) in [4.78, 5) is 1.99. The number of halogens is 1. The lowest BCUT2D eigenvalue weighted by atomic mass is 10.1. The van der Waals surface area contributed by atoms with E-state index in [-0.39, 0.29) is 11.9 Å². The summed E-state index contributed by atoms with van der Waals surface area (Å²) >= 11 is 0. The van der Waals surface area contributed by atoms with Crippen molar-refractivity contribution < 1.29 is 4.39 Å². The van der Waals surface area contributed by atoms with Crippen LogP contribution in [0.2, 0.25) is 0 Å². The largest absolute Gasteiger partial charge is 0.372 e. The molecule has 1 aromatic carbocycles. The molecule has 3 heteroatoms. The Hall–Kier alpha value is -1.09. The van der Waals surface area contributed by atoms with Crippen LogP contribution >= 0.6 is 0 Å². The Labute approximate surface area is 110 Å². The van der Waals surface area contributed by atoms with Crippen LogP contribution in [0.5, 0.6) is 0 Å². The first-order valence-electron chi connectivity index (χ1n) is 6.79. The summed E-state index contributed by atoms with van der Waals surface area (Å²) in [5, 5.41) is 0. The average molecular weight is 252 g/mol. The maximum absolute atomic E-state index is 14.0. The number of hydrogen-bond acceptors (Lipinski definition) is 2. The van der Waals surface area contributed by atoms with E-state index < -0.39 is 0 Å². The normalized spacial score (nSPS) is 12.5. The molecule has 0 aliphatic rings. The molecule has 1 atom stereocenters. The molecule has 1 aromatic rings. The van der Waals surface area contributed by atoms with Crippen molar-refractivity contribution in [2.24, 2.45) is 5.73 Å². The zero-order valence-electron chi connectivity index (χ0n) is 11.7. The van der Waals surface area contributed by atoms with E-state index in [0.717, 1.165) is 24.9 Å². The van der Waals surface area contributed by atoms with Crippen molar-refractivity contribution in [2.45, 2.75) is 45.6 Å². The molecule has 18 heavy (non-hydrogen) atoms. The van der Waals surface area contributed by atoms with Crippen molar-refractivity contribution in [1.82, 2.24) is 0 Å². The minimum Gasteiger partial charge on any atom is -0.372 e. The van der Waals surface area contributed by atoms with Gasteiger partial charge in [-0.1, -0.05) is 25.8 Å². The number of nitrogens with two attached hydrogens (primary N) is 1. The molecule has 2 nitrogen and oxygen atoms in total. The van der Waals surface area contributed by atoms with E-state index in [1.54, 1.807) is 6.07 Å². The molecule has 0 fully saturated rings. The van der Waals surface area contributed by atoms with Gasteiger partial charge in [-0.2, -0.15) is 0 Å². The second-order valence-electron chi connectivity index (χ2n) is 5.10. The number of rotatable bonds is 7. The molecule has 0 aliphatic heterocycles. The molecule has 0 aromatic heterocycles. The van der Waals surface area contributed by atoms with Gasteiger partial charge in [0.2, 0.25) is 0 Å². The molecule has 0 spiro atoms. The molecular weight excluding hydrogens is 227 g/mol. The molecule has 0 radical (unpaired) electrons. The Bertz CT molecular complexity index is 364. The van der Waals surface area contributed by atoms with Crippen molar-refractivity contribution in [3.05, 3.63) is 29.6 Å². The Morgan fingerprint density at radius 3 is 2.61 bits per heavy atom. The lowest BCUT2D eigenvalue weighted by Gasteiger charge is -2.20. The highest BCUT2D eigenvalue weighted by atomic mass is 19.1. The highest BCUT2D eigenvalue weighted by Gasteiger charge is 2.08. The Kier molecular flexibility index (Phi) is 6.13. The third-order valence-electron chi connectivity index (χ3n) is 3.08. The van der Waals surface area contributed by atoms with Gasteiger partial charge in [0.05, 0.1) is 5.69 Å². The number of benzene rings is 1. The predicted molar refractivity (Wildman–Crippen MR) is 76.5 cm³/mol. The van der Waals surface area contributed by atoms with Gasteiger partial charge in [-0.05, 0) is 37.5 Å². The first-order chi connectivity index (χ1) is 8.54. The third-order valence-corrected chi connectivity index (χ3v) is 3.08. The van der Waals surface area contributed by atoms with Crippen molar-refractivity contribution in [1.29, 1.82) is 0 Å². The standard InChI is InChI=1S/C15H25FN2/c1-4-5-6-9-18(3)15-8-7-13(10-12(2)17)11-14(15)16/h7-8,11-12H,4-6,9-10,17H2,1-3H3. The van der Waals surface area contributed by atoms with Crippen molar-refractivity contribution in [2.75, 3.05) is 18.5 Å². The van der Waals surface area contributed by atoms with Crippen molar-refractivity contribution >= 4 is 5.69 Å². The number of nitrogens with zero attached hydrogens (tertiary/aromatic N) is 1. The maximum Gasteiger partial charge on any atom is 0.146 e. The van der Waals surface area contributed by atoms with Crippen LogP contribution in [0.15, 0.2) is 18.2 Å². The third kappa shape index (κ3) is 4.65. The number of anilines is 1. The fourth-order valence-electron chi connectivity index (χ4n) is 2.08. The smallest absolute Gasteiger partial charge is 0.146 e. The summed E-state index contributed by atoms with van der Waals surface area (Å²) in [6, 6.07) is 5.50. The zero-order chi connectivity index (χ0) is 13.5. The van der Waals surface area contributed by atoms with Gasteiger partial charge in [0.15, 0.2) is 0 Å². The minimum atomic E-state index is -0.146. The SMILES string of the molecule is CCCCCN(C)c1ccc(CC(C)N)cc1F. The molecule has 1 unspecified atom stereocenters. The summed E-state index contributed by atoms with van der Waals surface area (Å²) in [7, 11) is 1.94. The molecule has 0 amide bonds. The van der Waals surface area contributed by atoms with E-state index in [4.69, 9.17) is 5.73 Å². The highest BCUT2D eigenvalue weighted by molar-refractivity contribution is 5.48. The summed E-state index contributed by atoms with van der Waals surface area (Å²) in [6.07, 6.45) is 4.20. The van der Waals surface area contributed by atoms with Crippen LogP contribution in [-0.4, -0.2) is 19.6 Å². The van der Waals surface area contributed by atoms with E-state index in [2.05, 4.69) is 6.92 Å². The minimum absolute atomic E-state index is 0.0672. The van der Waals surface area contributed by atoms with Crippen LogP contribution in [-0.2, 0) is 6.42 Å². The van der Waals surface area contributed by atoms with Gasteiger partial charge < -0.3 is 10.6 Å². The summed E-state index contributed by atoms with van der Waals surface area (Å²) in [6.45, 7) is 5.00. The van der Waals surface area contributed by atoms with Crippen molar-refractivity contribution in [3.8, 4) is 0 Å². The average Bonchev–Trinajstić information content (AvgIpc) is 2.28. The molecule has 1 rings (SSSR count). The molecule has 0 aliphatic carbocycles. The van der Waals surface area contributed by atoms with Gasteiger partial charge in [-0.3, -0.25) is 0 Å². The van der Waals surface area contributed by atoms with Crippen molar-refractivity contribution in [3.63, 3.8) is 0 Å². The van der Waals surface area contributed by atoms with Crippen LogP contribution in [0.25, 0.3) is 0 Å². The molecule has 0 saturated heterocycles. The fraction of sp³-hybridized carbons (Fsp3) is 0.600. The summed E-state index contributed by atoms with van der Waals surface area (Å²) in [5.74, 6) is -0.146. The Balaban J connectivity index is 2.66. The van der Waals surface area contributed by atoms with E-state index in [1.807, 2.05) is 31.0 Å². The predicted octanol–water partition coefficient (Wildman–Crippen LogP) is 3.34. The van der Waals surface area contributed by atoms with E-state index in [9.17, 15) is 4.39 Å². The van der Waals surface area contributed by atoms with Gasteiger partial charge in [-0.25, -0.2) is 4.39 Å². The molecule has 102 valence electrons. The highest BCUT2D eigenvalue weighted by Crippen LogP contribution is 2.20. The number of unbranched alkanes of at least 4 members (excludes halogenated alkanes) is 2. The quantitative estimate of drug-likeness (QED) is 0.754. The molecule has 0 heterocycles. The Morgan fingerprint density at radius 2 is 2.06 bits per heavy atom. The second-order valence-corrected chi connectivity index (χ2v) is 5.10. The molecule has 2 N–H and O–H groups in total. The van der Waals surface area contributed by atoms with Gasteiger partial charge in [0.25, 0.3) is 0 Å². The Morgan fingerprint density at radius 1 is 1.33 bits per heavy atom. The fourth-order valence-corrected chi connectivity index (χ4v) is 2.08.